The molecule has 2 aromatic carbocycles. The Hall–Kier alpha value is -3.78. The number of thiazole rings is 1. The van der Waals surface area contributed by atoms with Crippen LogP contribution >= 0.6 is 11.3 Å². The third-order valence-corrected chi connectivity index (χ3v) is 5.73. The van der Waals surface area contributed by atoms with E-state index in [0.717, 1.165) is 28.8 Å². The first-order valence-electron chi connectivity index (χ1n) is 10.8. The van der Waals surface area contributed by atoms with Gasteiger partial charge in [-0.3, -0.25) is 10.1 Å². The molecule has 2 aromatic heterocycles. The Morgan fingerprint density at radius 2 is 1.88 bits per heavy atom. The number of benzene rings is 2. The monoisotopic (exact) mass is 477 g/mol. The highest BCUT2D eigenvalue weighted by atomic mass is 32.1. The van der Waals surface area contributed by atoms with Gasteiger partial charge in [0.05, 0.1) is 18.5 Å². The third kappa shape index (κ3) is 5.58. The van der Waals surface area contributed by atoms with Crippen LogP contribution in [0.5, 0.6) is 17.4 Å². The molecule has 1 amide bonds. The van der Waals surface area contributed by atoms with Gasteiger partial charge in [0.15, 0.2) is 5.13 Å². The zero-order chi connectivity index (χ0) is 24.1. The van der Waals surface area contributed by atoms with Crippen LogP contribution in [0.4, 0.5) is 9.52 Å². The molecule has 6 nitrogen and oxygen atoms in total. The number of carbonyl (C=O) groups excluding carboxylic acids is 1. The van der Waals surface area contributed by atoms with E-state index in [-0.39, 0.29) is 5.56 Å². The quantitative estimate of drug-likeness (QED) is 0.302. The van der Waals surface area contributed by atoms with E-state index in [1.165, 1.54) is 29.5 Å². The molecule has 0 unspecified atom stereocenters. The van der Waals surface area contributed by atoms with Gasteiger partial charge in [-0.05, 0) is 67.8 Å². The Morgan fingerprint density at radius 1 is 1.09 bits per heavy atom. The highest BCUT2D eigenvalue weighted by molar-refractivity contribution is 7.14. The number of hydrogen-bond donors (Lipinski definition) is 1. The van der Waals surface area contributed by atoms with Gasteiger partial charge in [0.2, 0.25) is 5.88 Å². The number of carbonyl (C=O) groups is 1. The first kappa shape index (κ1) is 23.4. The number of ether oxygens (including phenoxy) is 2. The first-order chi connectivity index (χ1) is 16.4. The molecule has 4 aromatic rings. The first-order valence-corrected chi connectivity index (χ1v) is 11.7. The summed E-state index contributed by atoms with van der Waals surface area (Å²) >= 11 is 1.31. The summed E-state index contributed by atoms with van der Waals surface area (Å²) in [4.78, 5) is 21.2. The zero-order valence-corrected chi connectivity index (χ0v) is 19.9. The maximum Gasteiger partial charge on any atom is 0.257 e. The summed E-state index contributed by atoms with van der Waals surface area (Å²) in [6, 6.07) is 13.0. The average molecular weight is 478 g/mol. The topological polar surface area (TPSA) is 73.3 Å². The summed E-state index contributed by atoms with van der Waals surface area (Å²) < 4.78 is 24.9. The lowest BCUT2D eigenvalue weighted by Gasteiger charge is -2.12. The molecule has 1 N–H and O–H groups in total. The Balaban J connectivity index is 1.48. The van der Waals surface area contributed by atoms with Gasteiger partial charge in [-0.15, -0.1) is 11.3 Å². The number of aromatic nitrogens is 2. The number of pyridine rings is 1. The summed E-state index contributed by atoms with van der Waals surface area (Å²) in [7, 11) is 0. The maximum absolute atomic E-state index is 13.4. The molecule has 0 spiro atoms. The van der Waals surface area contributed by atoms with Crippen LogP contribution in [-0.4, -0.2) is 22.5 Å². The molecular weight excluding hydrogens is 453 g/mol. The average Bonchev–Trinajstić information content (AvgIpc) is 3.26. The largest absolute Gasteiger partial charge is 0.478 e. The SMILES string of the molecule is CCCOc1ccc(Oc2cc(C)c(-c3csc(NC(=O)c4cccc(F)c4)n3)c(C)c2)cn1. The number of nitrogens with zero attached hydrogens (tertiary/aromatic N) is 2. The van der Waals surface area contributed by atoms with Crippen molar-refractivity contribution in [2.24, 2.45) is 0 Å². The van der Waals surface area contributed by atoms with Gasteiger partial charge in [-0.25, -0.2) is 14.4 Å². The predicted molar refractivity (Wildman–Crippen MR) is 131 cm³/mol. The lowest BCUT2D eigenvalue weighted by molar-refractivity contribution is 0.102. The molecular formula is C26H24FN3O3S. The summed E-state index contributed by atoms with van der Waals surface area (Å²) in [6.07, 6.45) is 2.56. The molecule has 0 atom stereocenters. The molecule has 34 heavy (non-hydrogen) atoms. The van der Waals surface area contributed by atoms with E-state index in [2.05, 4.69) is 15.3 Å². The van der Waals surface area contributed by atoms with Crippen LogP contribution in [0, 0.1) is 19.7 Å². The normalized spacial score (nSPS) is 10.7. The summed E-state index contributed by atoms with van der Waals surface area (Å²) in [5.41, 5.74) is 3.93. The fourth-order valence-electron chi connectivity index (χ4n) is 3.49. The van der Waals surface area contributed by atoms with Crippen LogP contribution in [0.15, 0.2) is 60.1 Å². The van der Waals surface area contributed by atoms with Crippen molar-refractivity contribution in [1.29, 1.82) is 0 Å². The van der Waals surface area contributed by atoms with E-state index in [0.29, 0.717) is 29.1 Å². The molecule has 2 heterocycles. The van der Waals surface area contributed by atoms with Crippen LogP contribution in [0.1, 0.15) is 34.8 Å². The number of nitrogens with one attached hydrogen (secondary N) is 1. The minimum Gasteiger partial charge on any atom is -0.478 e. The molecule has 4 rings (SSSR count). The van der Waals surface area contributed by atoms with Crippen molar-refractivity contribution in [1.82, 2.24) is 9.97 Å². The highest BCUT2D eigenvalue weighted by Gasteiger charge is 2.15. The predicted octanol–water partition coefficient (Wildman–Crippen LogP) is 6.79. The van der Waals surface area contributed by atoms with Gasteiger partial charge >= 0.3 is 0 Å². The van der Waals surface area contributed by atoms with E-state index in [9.17, 15) is 9.18 Å². The fourth-order valence-corrected chi connectivity index (χ4v) is 4.18. The second-order valence-electron chi connectivity index (χ2n) is 7.72. The number of anilines is 1. The Kier molecular flexibility index (Phi) is 7.18. The second-order valence-corrected chi connectivity index (χ2v) is 8.58. The Morgan fingerprint density at radius 3 is 2.56 bits per heavy atom. The van der Waals surface area contributed by atoms with E-state index in [4.69, 9.17) is 9.47 Å². The van der Waals surface area contributed by atoms with Crippen molar-refractivity contribution < 1.29 is 18.7 Å². The van der Waals surface area contributed by atoms with E-state index >= 15 is 0 Å². The molecule has 174 valence electrons. The molecule has 0 aliphatic rings. The van der Waals surface area contributed by atoms with Crippen molar-refractivity contribution in [2.45, 2.75) is 27.2 Å². The van der Waals surface area contributed by atoms with Gasteiger partial charge in [0, 0.05) is 22.6 Å². The Bertz CT molecular complexity index is 1280. The van der Waals surface area contributed by atoms with Crippen molar-refractivity contribution in [2.75, 3.05) is 11.9 Å². The minimum atomic E-state index is -0.461. The van der Waals surface area contributed by atoms with Crippen molar-refractivity contribution in [3.8, 4) is 28.6 Å². The van der Waals surface area contributed by atoms with Crippen molar-refractivity contribution >= 4 is 22.4 Å². The van der Waals surface area contributed by atoms with E-state index in [1.807, 2.05) is 44.4 Å². The molecule has 0 saturated heterocycles. The zero-order valence-electron chi connectivity index (χ0n) is 19.1. The summed E-state index contributed by atoms with van der Waals surface area (Å²) in [5, 5.41) is 5.06. The summed E-state index contributed by atoms with van der Waals surface area (Å²) in [6.45, 7) is 6.64. The third-order valence-electron chi connectivity index (χ3n) is 4.97. The highest BCUT2D eigenvalue weighted by Crippen LogP contribution is 2.34. The number of hydrogen-bond acceptors (Lipinski definition) is 6. The number of amides is 1. The minimum absolute atomic E-state index is 0.241. The van der Waals surface area contributed by atoms with Gasteiger partial charge in [0.1, 0.15) is 17.3 Å². The van der Waals surface area contributed by atoms with Crippen LogP contribution in [-0.2, 0) is 0 Å². The van der Waals surface area contributed by atoms with Crippen LogP contribution < -0.4 is 14.8 Å². The smallest absolute Gasteiger partial charge is 0.257 e. The maximum atomic E-state index is 13.4. The second kappa shape index (κ2) is 10.4. The van der Waals surface area contributed by atoms with Crippen LogP contribution in [0.3, 0.4) is 0 Å². The van der Waals surface area contributed by atoms with E-state index in [1.54, 1.807) is 18.3 Å². The van der Waals surface area contributed by atoms with Gasteiger partial charge < -0.3 is 9.47 Å². The molecule has 0 aliphatic heterocycles. The van der Waals surface area contributed by atoms with Gasteiger partial charge in [0.25, 0.3) is 5.91 Å². The fraction of sp³-hybridized carbons (Fsp3) is 0.192. The molecule has 8 heteroatoms. The molecule has 0 fully saturated rings. The standard InChI is InChI=1S/C26H24FN3O3S/c1-4-10-32-23-9-8-20(14-28-23)33-21-11-16(2)24(17(3)12-21)22-15-34-26(29-22)30-25(31)18-6-5-7-19(27)13-18/h5-9,11-15H,4,10H2,1-3H3,(H,29,30,31). The molecule has 0 bridgehead atoms. The van der Waals surface area contributed by atoms with E-state index < -0.39 is 11.7 Å². The molecule has 0 aliphatic carbocycles. The van der Waals surface area contributed by atoms with Gasteiger partial charge in [-0.1, -0.05) is 13.0 Å². The number of halogens is 1. The Labute approximate surface area is 201 Å². The van der Waals surface area contributed by atoms with Crippen molar-refractivity contribution in [3.63, 3.8) is 0 Å². The van der Waals surface area contributed by atoms with Gasteiger partial charge in [-0.2, -0.15) is 0 Å². The van der Waals surface area contributed by atoms with Crippen LogP contribution in [0.25, 0.3) is 11.3 Å². The molecule has 0 radical (unpaired) electrons. The van der Waals surface area contributed by atoms with Crippen LogP contribution in [0.2, 0.25) is 0 Å². The van der Waals surface area contributed by atoms with Crippen molar-refractivity contribution in [3.05, 3.63) is 82.6 Å². The lowest BCUT2D eigenvalue weighted by Crippen LogP contribution is -2.11. The number of aryl methyl sites for hydroxylation is 2. The summed E-state index contributed by atoms with van der Waals surface area (Å²) in [5.74, 6) is 1.01. The molecule has 0 saturated carbocycles. The lowest BCUT2D eigenvalue weighted by atomic mass is 10.0. The number of rotatable bonds is 8.